The summed E-state index contributed by atoms with van der Waals surface area (Å²) in [5, 5.41) is 3.34. The Kier molecular flexibility index (Phi) is 7.45. The van der Waals surface area contributed by atoms with Gasteiger partial charge in [-0.25, -0.2) is 13.2 Å². The van der Waals surface area contributed by atoms with Gasteiger partial charge in [0.25, 0.3) is 5.91 Å². The molecule has 32 heavy (non-hydrogen) atoms. The van der Waals surface area contributed by atoms with Gasteiger partial charge in [-0.05, 0) is 69.4 Å². The van der Waals surface area contributed by atoms with Crippen LogP contribution in [-0.4, -0.2) is 46.3 Å². The maximum absolute atomic E-state index is 12.8. The minimum absolute atomic E-state index is 0.265. The predicted molar refractivity (Wildman–Crippen MR) is 125 cm³/mol. The van der Waals surface area contributed by atoms with Crippen LogP contribution in [0.15, 0.2) is 24.3 Å². The van der Waals surface area contributed by atoms with E-state index < -0.39 is 22.1 Å². The maximum atomic E-state index is 12.8. The van der Waals surface area contributed by atoms with Crippen molar-refractivity contribution in [3.63, 3.8) is 0 Å². The standard InChI is InChI=1S/C22H28N2O6S2/c1-5-29-22(26)19-17-8-6-7-9-18(17)31-21(19)23-20(25)14(2)30-16-12-10-15(11-13-16)24(3)32(4,27)28/h10-14H,5-9H2,1-4H3,(H,23,25)/t14-/m0/s1. The molecule has 0 radical (unpaired) electrons. The lowest BCUT2D eigenvalue weighted by Gasteiger charge is -2.18. The molecule has 1 aromatic heterocycles. The molecule has 1 heterocycles. The van der Waals surface area contributed by atoms with Crippen molar-refractivity contribution in [3.05, 3.63) is 40.3 Å². The summed E-state index contributed by atoms with van der Waals surface area (Å²) in [6.07, 6.45) is 4.05. The van der Waals surface area contributed by atoms with E-state index in [0.29, 0.717) is 22.0 Å². The van der Waals surface area contributed by atoms with Crippen LogP contribution in [0.2, 0.25) is 0 Å². The molecule has 1 N–H and O–H groups in total. The van der Waals surface area contributed by atoms with Crippen molar-refractivity contribution < 1.29 is 27.5 Å². The van der Waals surface area contributed by atoms with E-state index in [1.54, 1.807) is 38.1 Å². The Morgan fingerprint density at radius 3 is 2.47 bits per heavy atom. The number of sulfonamides is 1. The fourth-order valence-electron chi connectivity index (χ4n) is 3.47. The Morgan fingerprint density at radius 1 is 1.19 bits per heavy atom. The molecule has 1 aliphatic rings. The first kappa shape index (κ1) is 24.1. The van der Waals surface area contributed by atoms with E-state index in [9.17, 15) is 18.0 Å². The van der Waals surface area contributed by atoms with Gasteiger partial charge in [0, 0.05) is 11.9 Å². The van der Waals surface area contributed by atoms with E-state index >= 15 is 0 Å². The summed E-state index contributed by atoms with van der Waals surface area (Å²) in [7, 11) is -1.90. The third-order valence-electron chi connectivity index (χ3n) is 5.27. The van der Waals surface area contributed by atoms with Crippen LogP contribution in [0.3, 0.4) is 0 Å². The number of nitrogens with zero attached hydrogens (tertiary/aromatic N) is 1. The summed E-state index contributed by atoms with van der Waals surface area (Å²) in [5.41, 5.74) is 1.93. The zero-order chi connectivity index (χ0) is 23.5. The molecule has 0 spiro atoms. The van der Waals surface area contributed by atoms with Gasteiger partial charge in [-0.15, -0.1) is 11.3 Å². The molecule has 1 amide bonds. The second kappa shape index (κ2) is 9.91. The van der Waals surface area contributed by atoms with E-state index in [4.69, 9.17) is 9.47 Å². The summed E-state index contributed by atoms with van der Waals surface area (Å²) in [6, 6.07) is 6.42. The lowest BCUT2D eigenvalue weighted by Crippen LogP contribution is -2.30. The number of rotatable bonds is 8. The van der Waals surface area contributed by atoms with E-state index in [1.165, 1.54) is 18.4 Å². The highest BCUT2D eigenvalue weighted by atomic mass is 32.2. The largest absolute Gasteiger partial charge is 0.481 e. The number of thiophene rings is 1. The van der Waals surface area contributed by atoms with E-state index in [0.717, 1.165) is 46.7 Å². The van der Waals surface area contributed by atoms with Crippen LogP contribution < -0.4 is 14.4 Å². The molecule has 174 valence electrons. The molecule has 0 aliphatic heterocycles. The molecule has 0 fully saturated rings. The number of nitrogens with one attached hydrogen (secondary N) is 1. The number of benzene rings is 1. The SMILES string of the molecule is CCOC(=O)c1c(NC(=O)[C@H](C)Oc2ccc(N(C)S(C)(=O)=O)cc2)sc2c1CCCC2. The molecule has 0 unspecified atom stereocenters. The van der Waals surface area contributed by atoms with Crippen LogP contribution >= 0.6 is 11.3 Å². The third kappa shape index (κ3) is 5.42. The Labute approximate surface area is 192 Å². The first-order valence-electron chi connectivity index (χ1n) is 10.4. The Balaban J connectivity index is 1.72. The molecule has 2 aromatic rings. The Hall–Kier alpha value is -2.59. The number of amides is 1. The number of ether oxygens (including phenoxy) is 2. The Morgan fingerprint density at radius 2 is 1.84 bits per heavy atom. The van der Waals surface area contributed by atoms with Crippen molar-refractivity contribution in [2.24, 2.45) is 0 Å². The molecule has 10 heteroatoms. The van der Waals surface area contributed by atoms with Crippen molar-refractivity contribution in [1.29, 1.82) is 0 Å². The van der Waals surface area contributed by atoms with Crippen molar-refractivity contribution in [1.82, 2.24) is 0 Å². The van der Waals surface area contributed by atoms with Crippen LogP contribution in [0.5, 0.6) is 5.75 Å². The van der Waals surface area contributed by atoms with Gasteiger partial charge in [0.2, 0.25) is 10.0 Å². The quantitative estimate of drug-likeness (QED) is 0.579. The van der Waals surface area contributed by atoms with Crippen LogP contribution in [0.25, 0.3) is 0 Å². The molecular formula is C22H28N2O6S2. The molecular weight excluding hydrogens is 452 g/mol. The van der Waals surface area contributed by atoms with Crippen molar-refractivity contribution in [2.75, 3.05) is 29.5 Å². The highest BCUT2D eigenvalue weighted by Gasteiger charge is 2.28. The van der Waals surface area contributed by atoms with Gasteiger partial charge in [0.05, 0.1) is 24.1 Å². The molecule has 8 nitrogen and oxygen atoms in total. The third-order valence-corrected chi connectivity index (χ3v) is 7.68. The number of esters is 1. The number of fused-ring (bicyclic) bond motifs is 1. The number of anilines is 2. The van der Waals surface area contributed by atoms with Crippen molar-refractivity contribution in [2.45, 2.75) is 45.6 Å². The highest BCUT2D eigenvalue weighted by molar-refractivity contribution is 7.92. The first-order chi connectivity index (χ1) is 15.1. The number of hydrogen-bond donors (Lipinski definition) is 1. The van der Waals surface area contributed by atoms with Crippen LogP contribution in [-0.2, 0) is 32.4 Å². The summed E-state index contributed by atoms with van der Waals surface area (Å²) in [5.74, 6) is -0.373. The summed E-state index contributed by atoms with van der Waals surface area (Å²) in [6.45, 7) is 3.63. The number of aryl methyl sites for hydroxylation is 1. The normalized spacial score (nSPS) is 14.2. The smallest absolute Gasteiger partial charge is 0.341 e. The highest BCUT2D eigenvalue weighted by Crippen LogP contribution is 2.38. The van der Waals surface area contributed by atoms with Crippen molar-refractivity contribution >= 4 is 43.9 Å². The number of carbonyl (C=O) groups excluding carboxylic acids is 2. The average Bonchev–Trinajstić information content (AvgIpc) is 3.11. The van der Waals surface area contributed by atoms with Gasteiger partial charge in [0.1, 0.15) is 10.8 Å². The Bertz CT molecular complexity index is 1090. The minimum atomic E-state index is -3.37. The van der Waals surface area contributed by atoms with Crippen molar-refractivity contribution in [3.8, 4) is 5.75 Å². The molecule has 1 aliphatic carbocycles. The fraction of sp³-hybridized carbons (Fsp3) is 0.455. The maximum Gasteiger partial charge on any atom is 0.341 e. The molecule has 1 atom stereocenters. The first-order valence-corrected chi connectivity index (χ1v) is 13.1. The lowest BCUT2D eigenvalue weighted by atomic mass is 9.95. The topological polar surface area (TPSA) is 102 Å². The molecule has 0 bridgehead atoms. The second-order valence-corrected chi connectivity index (χ2v) is 10.7. The van der Waals surface area contributed by atoms with E-state index in [2.05, 4.69) is 5.32 Å². The predicted octanol–water partition coefficient (Wildman–Crippen LogP) is 3.61. The fourth-order valence-corrected chi connectivity index (χ4v) is 5.26. The van der Waals surface area contributed by atoms with Crippen LogP contribution in [0, 0.1) is 0 Å². The summed E-state index contributed by atoms with van der Waals surface area (Å²) >= 11 is 1.42. The second-order valence-electron chi connectivity index (χ2n) is 7.61. The molecule has 0 saturated carbocycles. The average molecular weight is 481 g/mol. The molecule has 1 aromatic carbocycles. The monoisotopic (exact) mass is 480 g/mol. The van der Waals surface area contributed by atoms with Gasteiger partial charge in [-0.3, -0.25) is 9.10 Å². The molecule has 0 saturated heterocycles. The zero-order valence-corrected chi connectivity index (χ0v) is 20.3. The number of hydrogen-bond acceptors (Lipinski definition) is 7. The zero-order valence-electron chi connectivity index (χ0n) is 18.6. The molecule has 3 rings (SSSR count). The summed E-state index contributed by atoms with van der Waals surface area (Å²) < 4.78 is 35.4. The van der Waals surface area contributed by atoms with Gasteiger partial charge in [-0.1, -0.05) is 0 Å². The van der Waals surface area contributed by atoms with E-state index in [1.807, 2.05) is 0 Å². The number of carbonyl (C=O) groups is 2. The van der Waals surface area contributed by atoms with Gasteiger partial charge >= 0.3 is 5.97 Å². The minimum Gasteiger partial charge on any atom is -0.481 e. The van der Waals surface area contributed by atoms with Gasteiger partial charge in [-0.2, -0.15) is 0 Å². The van der Waals surface area contributed by atoms with Gasteiger partial charge < -0.3 is 14.8 Å². The van der Waals surface area contributed by atoms with Crippen LogP contribution in [0.4, 0.5) is 10.7 Å². The lowest BCUT2D eigenvalue weighted by molar-refractivity contribution is -0.122. The van der Waals surface area contributed by atoms with Crippen LogP contribution in [0.1, 0.15) is 47.5 Å². The van der Waals surface area contributed by atoms with Gasteiger partial charge in [0.15, 0.2) is 6.10 Å². The summed E-state index contributed by atoms with van der Waals surface area (Å²) in [4.78, 5) is 26.5. The van der Waals surface area contributed by atoms with E-state index in [-0.39, 0.29) is 12.5 Å².